The van der Waals surface area contributed by atoms with Crippen molar-refractivity contribution < 1.29 is 23.1 Å². The Bertz CT molecular complexity index is 1020. The lowest BCUT2D eigenvalue weighted by atomic mass is 10.2. The fourth-order valence-corrected chi connectivity index (χ4v) is 2.50. The summed E-state index contributed by atoms with van der Waals surface area (Å²) in [5, 5.41) is 5.25. The van der Waals surface area contributed by atoms with Crippen LogP contribution in [-0.4, -0.2) is 23.5 Å². The Morgan fingerprint density at radius 1 is 0.966 bits per heavy atom. The molecule has 6 nitrogen and oxygen atoms in total. The molecule has 0 aliphatic heterocycles. The maximum atomic E-state index is 13.8. The van der Waals surface area contributed by atoms with Crippen molar-refractivity contribution in [3.8, 4) is 0 Å². The number of ether oxygens (including phenoxy) is 1. The minimum Gasteiger partial charge on any atom is -0.462 e. The molecule has 3 rings (SSSR count). The number of aromatic nitrogens is 1. The number of halogens is 2. The first-order valence-electron chi connectivity index (χ1n) is 8.72. The molecule has 0 saturated heterocycles. The minimum atomic E-state index is -0.762. The molecular weight excluding hydrogens is 380 g/mol. The average Bonchev–Trinajstić information content (AvgIpc) is 2.72. The van der Waals surface area contributed by atoms with Crippen LogP contribution in [0.2, 0.25) is 0 Å². The van der Waals surface area contributed by atoms with E-state index >= 15 is 0 Å². The SMILES string of the molecule is CCOC(=O)c1ccc(NC(=O)c2cncc(Nc3c(F)cccc3F)c2)cc1. The standard InChI is InChI=1S/C21H17F2N3O3/c1-2-29-21(28)13-6-8-15(9-7-13)26-20(27)14-10-16(12-24-11-14)25-19-17(22)4-3-5-18(19)23/h3-12,25H,2H2,1H3,(H,26,27). The second-order valence-corrected chi connectivity index (χ2v) is 5.94. The molecule has 2 N–H and O–H groups in total. The number of esters is 1. The fraction of sp³-hybridized carbons (Fsp3) is 0.0952. The number of anilines is 3. The molecule has 0 aliphatic carbocycles. The second kappa shape index (κ2) is 8.92. The zero-order valence-electron chi connectivity index (χ0n) is 15.4. The Labute approximate surface area is 165 Å². The van der Waals surface area contributed by atoms with E-state index in [2.05, 4.69) is 15.6 Å². The summed E-state index contributed by atoms with van der Waals surface area (Å²) in [4.78, 5) is 28.0. The van der Waals surface area contributed by atoms with Crippen molar-refractivity contribution >= 4 is 28.9 Å². The number of pyridine rings is 1. The van der Waals surface area contributed by atoms with E-state index in [9.17, 15) is 18.4 Å². The normalized spacial score (nSPS) is 10.3. The summed E-state index contributed by atoms with van der Waals surface area (Å²) >= 11 is 0. The lowest BCUT2D eigenvalue weighted by Gasteiger charge is -2.10. The van der Waals surface area contributed by atoms with Gasteiger partial charge in [0.05, 0.1) is 29.6 Å². The van der Waals surface area contributed by atoms with Gasteiger partial charge in [0.15, 0.2) is 0 Å². The van der Waals surface area contributed by atoms with Gasteiger partial charge in [-0.25, -0.2) is 13.6 Å². The van der Waals surface area contributed by atoms with Crippen LogP contribution in [0.5, 0.6) is 0 Å². The van der Waals surface area contributed by atoms with Gasteiger partial charge < -0.3 is 15.4 Å². The van der Waals surface area contributed by atoms with Gasteiger partial charge in [0.2, 0.25) is 0 Å². The molecule has 0 atom stereocenters. The predicted octanol–water partition coefficient (Wildman–Crippen LogP) is 4.53. The second-order valence-electron chi connectivity index (χ2n) is 5.94. The van der Waals surface area contributed by atoms with Gasteiger partial charge in [-0.15, -0.1) is 0 Å². The smallest absolute Gasteiger partial charge is 0.338 e. The van der Waals surface area contributed by atoms with Crippen molar-refractivity contribution in [2.75, 3.05) is 17.2 Å². The van der Waals surface area contributed by atoms with Crippen LogP contribution in [0.15, 0.2) is 60.9 Å². The number of hydrogen-bond donors (Lipinski definition) is 2. The number of nitrogens with one attached hydrogen (secondary N) is 2. The molecule has 1 amide bonds. The summed E-state index contributed by atoms with van der Waals surface area (Å²) in [5.74, 6) is -2.45. The summed E-state index contributed by atoms with van der Waals surface area (Å²) in [6.45, 7) is 1.98. The molecule has 0 saturated carbocycles. The number of amides is 1. The monoisotopic (exact) mass is 397 g/mol. The quantitative estimate of drug-likeness (QED) is 0.598. The molecule has 0 unspecified atom stereocenters. The number of carbonyl (C=O) groups excluding carboxylic acids is 2. The molecule has 0 fully saturated rings. The van der Waals surface area contributed by atoms with Crippen LogP contribution in [0, 0.1) is 11.6 Å². The summed E-state index contributed by atoms with van der Waals surface area (Å²) in [7, 11) is 0. The Hall–Kier alpha value is -3.81. The first-order valence-corrected chi connectivity index (χ1v) is 8.72. The average molecular weight is 397 g/mol. The van der Waals surface area contributed by atoms with E-state index < -0.39 is 23.5 Å². The van der Waals surface area contributed by atoms with E-state index in [1.54, 1.807) is 19.1 Å². The van der Waals surface area contributed by atoms with E-state index in [0.717, 1.165) is 12.1 Å². The zero-order valence-corrected chi connectivity index (χ0v) is 15.4. The predicted molar refractivity (Wildman–Crippen MR) is 104 cm³/mol. The van der Waals surface area contributed by atoms with Crippen LogP contribution in [0.25, 0.3) is 0 Å². The van der Waals surface area contributed by atoms with Crippen molar-refractivity contribution in [1.82, 2.24) is 4.98 Å². The molecule has 2 aromatic carbocycles. The highest BCUT2D eigenvalue weighted by atomic mass is 19.1. The Morgan fingerprint density at radius 3 is 2.31 bits per heavy atom. The summed E-state index contributed by atoms with van der Waals surface area (Å²) < 4.78 is 32.5. The van der Waals surface area contributed by atoms with Crippen molar-refractivity contribution in [3.05, 3.63) is 83.7 Å². The van der Waals surface area contributed by atoms with Gasteiger partial charge >= 0.3 is 5.97 Å². The van der Waals surface area contributed by atoms with E-state index in [4.69, 9.17) is 4.74 Å². The zero-order chi connectivity index (χ0) is 20.8. The van der Waals surface area contributed by atoms with Crippen LogP contribution in [-0.2, 0) is 4.74 Å². The topological polar surface area (TPSA) is 80.3 Å². The summed E-state index contributed by atoms with van der Waals surface area (Å²) in [6, 6.07) is 11.1. The van der Waals surface area contributed by atoms with Crippen LogP contribution < -0.4 is 10.6 Å². The van der Waals surface area contributed by atoms with Crippen LogP contribution in [0.3, 0.4) is 0 Å². The Morgan fingerprint density at radius 2 is 1.66 bits per heavy atom. The number of rotatable bonds is 6. The third-order valence-corrected chi connectivity index (χ3v) is 3.89. The Kier molecular flexibility index (Phi) is 6.13. The summed E-state index contributed by atoms with van der Waals surface area (Å²) in [6.07, 6.45) is 2.67. The molecule has 1 heterocycles. The highest BCUT2D eigenvalue weighted by Gasteiger charge is 2.12. The number of nitrogens with zero attached hydrogens (tertiary/aromatic N) is 1. The van der Waals surface area contributed by atoms with E-state index in [-0.39, 0.29) is 23.5 Å². The lowest BCUT2D eigenvalue weighted by Crippen LogP contribution is -2.13. The van der Waals surface area contributed by atoms with E-state index in [0.29, 0.717) is 11.3 Å². The van der Waals surface area contributed by atoms with Crippen LogP contribution in [0.1, 0.15) is 27.6 Å². The molecule has 0 aliphatic rings. The number of benzene rings is 2. The molecule has 0 spiro atoms. The van der Waals surface area contributed by atoms with Gasteiger partial charge in [0, 0.05) is 11.9 Å². The van der Waals surface area contributed by atoms with Crippen molar-refractivity contribution in [2.45, 2.75) is 6.92 Å². The molecule has 148 valence electrons. The summed E-state index contributed by atoms with van der Waals surface area (Å²) in [5.41, 5.74) is 0.924. The molecule has 3 aromatic rings. The third-order valence-electron chi connectivity index (χ3n) is 3.89. The van der Waals surface area contributed by atoms with Gasteiger partial charge in [-0.2, -0.15) is 0 Å². The minimum absolute atomic E-state index is 0.182. The van der Waals surface area contributed by atoms with Crippen molar-refractivity contribution in [3.63, 3.8) is 0 Å². The largest absolute Gasteiger partial charge is 0.462 e. The maximum absolute atomic E-state index is 13.8. The van der Waals surface area contributed by atoms with Gasteiger partial charge in [-0.1, -0.05) is 6.07 Å². The number of para-hydroxylation sites is 1. The first-order chi connectivity index (χ1) is 14.0. The van der Waals surface area contributed by atoms with Gasteiger partial charge in [0.1, 0.15) is 17.3 Å². The number of hydrogen-bond acceptors (Lipinski definition) is 5. The van der Waals surface area contributed by atoms with E-state index in [1.165, 1.54) is 36.7 Å². The molecule has 0 radical (unpaired) electrons. The van der Waals surface area contributed by atoms with Crippen LogP contribution in [0.4, 0.5) is 25.8 Å². The van der Waals surface area contributed by atoms with E-state index in [1.807, 2.05) is 0 Å². The third kappa shape index (κ3) is 4.92. The van der Waals surface area contributed by atoms with Crippen LogP contribution >= 0.6 is 0 Å². The molecule has 8 heteroatoms. The fourth-order valence-electron chi connectivity index (χ4n) is 2.50. The first kappa shape index (κ1) is 19.9. The van der Waals surface area contributed by atoms with Gasteiger partial charge in [-0.3, -0.25) is 9.78 Å². The number of carbonyl (C=O) groups is 2. The highest BCUT2D eigenvalue weighted by molar-refractivity contribution is 6.04. The van der Waals surface area contributed by atoms with Crippen molar-refractivity contribution in [1.29, 1.82) is 0 Å². The molecule has 0 bridgehead atoms. The molecule has 29 heavy (non-hydrogen) atoms. The van der Waals surface area contributed by atoms with Crippen molar-refractivity contribution in [2.24, 2.45) is 0 Å². The maximum Gasteiger partial charge on any atom is 0.338 e. The highest BCUT2D eigenvalue weighted by Crippen LogP contribution is 2.23. The molecule has 1 aromatic heterocycles. The van der Waals surface area contributed by atoms with Gasteiger partial charge in [0.25, 0.3) is 5.91 Å². The lowest BCUT2D eigenvalue weighted by molar-refractivity contribution is 0.0526. The molecular formula is C21H17F2N3O3. The van der Waals surface area contributed by atoms with Gasteiger partial charge in [-0.05, 0) is 49.4 Å². The Balaban J connectivity index is 1.72.